The Labute approximate surface area is 113 Å². The summed E-state index contributed by atoms with van der Waals surface area (Å²) >= 11 is 0. The molecule has 0 aliphatic heterocycles. The molecule has 0 saturated heterocycles. The number of hydrogen-bond donors (Lipinski definition) is 4. The quantitative estimate of drug-likeness (QED) is 0.340. The van der Waals surface area contributed by atoms with Crippen LogP contribution in [0.1, 0.15) is 13.8 Å². The summed E-state index contributed by atoms with van der Waals surface area (Å²) in [6, 6.07) is 0. The lowest BCUT2D eigenvalue weighted by atomic mass is 9.76. The molecule has 0 aromatic carbocycles. The van der Waals surface area contributed by atoms with Crippen LogP contribution in [0.3, 0.4) is 0 Å². The minimum Gasteiger partial charge on any atom is -0.479 e. The van der Waals surface area contributed by atoms with Crippen molar-refractivity contribution in [3.63, 3.8) is 0 Å². The zero-order valence-electron chi connectivity index (χ0n) is 10.7. The van der Waals surface area contributed by atoms with E-state index >= 15 is 0 Å². The van der Waals surface area contributed by atoms with Gasteiger partial charge in [-0.1, -0.05) is 12.2 Å². The molecule has 20 heavy (non-hydrogen) atoms. The maximum Gasteiger partial charge on any atom is 0.348 e. The van der Waals surface area contributed by atoms with Gasteiger partial charge in [-0.25, -0.2) is 9.59 Å². The highest BCUT2D eigenvalue weighted by Gasteiger charge is 2.68. The van der Waals surface area contributed by atoms with Crippen LogP contribution in [0.2, 0.25) is 0 Å². The van der Waals surface area contributed by atoms with Gasteiger partial charge < -0.3 is 20.4 Å². The van der Waals surface area contributed by atoms with E-state index < -0.39 is 34.7 Å². The van der Waals surface area contributed by atoms with Gasteiger partial charge in [0.05, 0.1) is 0 Å². The van der Waals surface area contributed by atoms with Gasteiger partial charge in [-0.2, -0.15) is 0 Å². The standard InChI is InChI=1S/C12H14O8/c1-3-5-7(13)11(19,9(15)16)12(20,10(17)18)8(14)6-4-2/h3-6,19-20H,1-2H3,(H,15,16)(H,17,18). The summed E-state index contributed by atoms with van der Waals surface area (Å²) < 4.78 is 0. The normalized spacial score (nSPS) is 17.6. The average molecular weight is 286 g/mol. The van der Waals surface area contributed by atoms with Crippen molar-refractivity contribution in [3.8, 4) is 0 Å². The zero-order valence-corrected chi connectivity index (χ0v) is 10.7. The Balaban J connectivity index is 6.35. The van der Waals surface area contributed by atoms with E-state index in [0.29, 0.717) is 12.2 Å². The Kier molecular flexibility index (Phi) is 5.50. The molecular weight excluding hydrogens is 272 g/mol. The third kappa shape index (κ3) is 2.51. The van der Waals surface area contributed by atoms with Crippen molar-refractivity contribution < 1.29 is 39.6 Å². The van der Waals surface area contributed by atoms with Gasteiger partial charge in [-0.15, -0.1) is 0 Å². The van der Waals surface area contributed by atoms with E-state index in [1.165, 1.54) is 13.8 Å². The number of carboxylic acids is 2. The summed E-state index contributed by atoms with van der Waals surface area (Å²) in [5.41, 5.74) is -7.69. The predicted molar refractivity (Wildman–Crippen MR) is 64.8 cm³/mol. The highest BCUT2D eigenvalue weighted by molar-refractivity contribution is 6.25. The Morgan fingerprint density at radius 2 is 1.00 bits per heavy atom. The van der Waals surface area contributed by atoms with Crippen LogP contribution in [-0.2, 0) is 19.2 Å². The first-order valence-electron chi connectivity index (χ1n) is 5.36. The molecular formula is C12H14O8. The molecule has 0 bridgehead atoms. The van der Waals surface area contributed by atoms with Gasteiger partial charge in [0.1, 0.15) is 0 Å². The number of carbonyl (C=O) groups excluding carboxylic acids is 2. The number of hydrogen-bond acceptors (Lipinski definition) is 6. The molecule has 2 atom stereocenters. The molecule has 4 N–H and O–H groups in total. The van der Waals surface area contributed by atoms with E-state index in [1.807, 2.05) is 0 Å². The number of carbonyl (C=O) groups is 4. The number of aliphatic carboxylic acids is 2. The van der Waals surface area contributed by atoms with Crippen molar-refractivity contribution in [1.82, 2.24) is 0 Å². The molecule has 0 amide bonds. The van der Waals surface area contributed by atoms with Crippen LogP contribution in [0.5, 0.6) is 0 Å². The van der Waals surface area contributed by atoms with Gasteiger partial charge >= 0.3 is 11.9 Å². The van der Waals surface area contributed by atoms with Crippen molar-refractivity contribution in [1.29, 1.82) is 0 Å². The van der Waals surface area contributed by atoms with Crippen LogP contribution in [0.4, 0.5) is 0 Å². The second-order valence-electron chi connectivity index (χ2n) is 3.76. The largest absolute Gasteiger partial charge is 0.479 e. The van der Waals surface area contributed by atoms with Gasteiger partial charge in [0.25, 0.3) is 11.2 Å². The van der Waals surface area contributed by atoms with E-state index in [1.54, 1.807) is 0 Å². The topological polar surface area (TPSA) is 149 Å². The summed E-state index contributed by atoms with van der Waals surface area (Å²) in [6.45, 7) is 2.60. The van der Waals surface area contributed by atoms with Crippen LogP contribution in [-0.4, -0.2) is 55.1 Å². The molecule has 0 aromatic rings. The van der Waals surface area contributed by atoms with Gasteiger partial charge in [0.2, 0.25) is 11.6 Å². The van der Waals surface area contributed by atoms with Crippen LogP contribution in [0.25, 0.3) is 0 Å². The van der Waals surface area contributed by atoms with Gasteiger partial charge in [0, 0.05) is 0 Å². The van der Waals surface area contributed by atoms with E-state index in [-0.39, 0.29) is 0 Å². The lowest BCUT2D eigenvalue weighted by molar-refractivity contribution is -0.204. The molecule has 0 aromatic heterocycles. The maximum absolute atomic E-state index is 11.6. The van der Waals surface area contributed by atoms with E-state index in [4.69, 9.17) is 10.2 Å². The third-order valence-corrected chi connectivity index (χ3v) is 2.49. The number of rotatable bonds is 7. The highest BCUT2D eigenvalue weighted by Crippen LogP contribution is 2.27. The molecule has 2 unspecified atom stereocenters. The minimum absolute atomic E-state index is 0.547. The summed E-state index contributed by atoms with van der Waals surface area (Å²) in [5, 5.41) is 37.6. The summed E-state index contributed by atoms with van der Waals surface area (Å²) in [6.07, 6.45) is 3.15. The molecule has 0 radical (unpaired) electrons. The minimum atomic E-state index is -3.85. The molecule has 8 heteroatoms. The molecule has 0 saturated carbocycles. The predicted octanol–water partition coefficient (Wildman–Crippen LogP) is -1.09. The van der Waals surface area contributed by atoms with Crippen molar-refractivity contribution in [3.05, 3.63) is 24.3 Å². The van der Waals surface area contributed by atoms with Gasteiger partial charge in [-0.05, 0) is 26.0 Å². The number of allylic oxidation sites excluding steroid dienone is 2. The second-order valence-corrected chi connectivity index (χ2v) is 3.76. The average Bonchev–Trinajstić information content (AvgIpc) is 2.36. The summed E-state index contributed by atoms with van der Waals surface area (Å²) in [5.74, 6) is -8.00. The fraction of sp³-hybridized carbons (Fsp3) is 0.333. The fourth-order valence-corrected chi connectivity index (χ4v) is 1.42. The Morgan fingerprint density at radius 3 is 1.15 bits per heavy atom. The first kappa shape index (κ1) is 17.7. The number of aliphatic hydroxyl groups is 2. The molecule has 0 aliphatic rings. The van der Waals surface area contributed by atoms with Crippen LogP contribution >= 0.6 is 0 Å². The summed E-state index contributed by atoms with van der Waals surface area (Å²) in [7, 11) is 0. The SMILES string of the molecule is CC=CC(=O)C(O)(C(=O)O)C(O)(C(=O)O)C(=O)C=CC. The first-order valence-corrected chi connectivity index (χ1v) is 5.36. The maximum atomic E-state index is 11.6. The van der Waals surface area contributed by atoms with Crippen LogP contribution < -0.4 is 0 Å². The van der Waals surface area contributed by atoms with Crippen molar-refractivity contribution in [2.75, 3.05) is 0 Å². The van der Waals surface area contributed by atoms with E-state index in [0.717, 1.165) is 12.2 Å². The van der Waals surface area contributed by atoms with Crippen molar-refractivity contribution in [2.45, 2.75) is 25.0 Å². The smallest absolute Gasteiger partial charge is 0.348 e. The highest BCUT2D eigenvalue weighted by atomic mass is 16.5. The van der Waals surface area contributed by atoms with Crippen molar-refractivity contribution >= 4 is 23.5 Å². The number of ketones is 2. The fourth-order valence-electron chi connectivity index (χ4n) is 1.42. The molecule has 0 rings (SSSR count). The van der Waals surface area contributed by atoms with Gasteiger partial charge in [-0.3, -0.25) is 9.59 Å². The summed E-state index contributed by atoms with van der Waals surface area (Å²) in [4.78, 5) is 45.5. The third-order valence-electron chi connectivity index (χ3n) is 2.49. The molecule has 0 heterocycles. The molecule has 0 fully saturated rings. The first-order chi connectivity index (χ1) is 9.10. The molecule has 110 valence electrons. The lowest BCUT2D eigenvalue weighted by Gasteiger charge is -2.32. The Bertz CT molecular complexity index is 458. The lowest BCUT2D eigenvalue weighted by Crippen LogP contribution is -2.71. The number of carboxylic acid groups (broad SMARTS) is 2. The van der Waals surface area contributed by atoms with Gasteiger partial charge in [0.15, 0.2) is 0 Å². The van der Waals surface area contributed by atoms with Crippen LogP contribution in [0, 0.1) is 0 Å². The zero-order chi connectivity index (χ0) is 16.1. The monoisotopic (exact) mass is 286 g/mol. The Hall–Kier alpha value is -2.32. The molecule has 8 nitrogen and oxygen atoms in total. The van der Waals surface area contributed by atoms with Crippen molar-refractivity contribution in [2.24, 2.45) is 0 Å². The van der Waals surface area contributed by atoms with E-state index in [2.05, 4.69) is 0 Å². The van der Waals surface area contributed by atoms with Crippen LogP contribution in [0.15, 0.2) is 24.3 Å². The second kappa shape index (κ2) is 6.22. The molecule has 0 spiro atoms. The Morgan fingerprint density at radius 1 is 0.750 bits per heavy atom. The van der Waals surface area contributed by atoms with E-state index in [9.17, 15) is 29.4 Å². The molecule has 0 aliphatic carbocycles.